The van der Waals surface area contributed by atoms with E-state index in [2.05, 4.69) is 5.32 Å². The molecular formula is C18H16ClN3O2. The summed E-state index contributed by atoms with van der Waals surface area (Å²) in [7, 11) is 0. The van der Waals surface area contributed by atoms with Gasteiger partial charge in [-0.25, -0.2) is 0 Å². The molecule has 0 heterocycles. The van der Waals surface area contributed by atoms with Crippen molar-refractivity contribution in [3.63, 3.8) is 0 Å². The fraction of sp³-hybridized carbons (Fsp3) is 0.167. The van der Waals surface area contributed by atoms with Crippen LogP contribution in [0.3, 0.4) is 0 Å². The number of nitrogens with one attached hydrogen (secondary N) is 1. The second kappa shape index (κ2) is 7.73. The van der Waals surface area contributed by atoms with Crippen molar-refractivity contribution in [2.75, 3.05) is 5.32 Å². The summed E-state index contributed by atoms with van der Waals surface area (Å²) in [4.78, 5) is 24.5. The van der Waals surface area contributed by atoms with Gasteiger partial charge in [0.05, 0.1) is 28.3 Å². The molecule has 5 nitrogen and oxygen atoms in total. The van der Waals surface area contributed by atoms with E-state index >= 15 is 0 Å². The van der Waals surface area contributed by atoms with Gasteiger partial charge in [0.25, 0.3) is 5.91 Å². The number of carbonyl (C=O) groups excluding carboxylic acids is 2. The number of nitriles is 1. The summed E-state index contributed by atoms with van der Waals surface area (Å²) < 4.78 is 0. The lowest BCUT2D eigenvalue weighted by molar-refractivity contribution is -0.119. The predicted molar refractivity (Wildman–Crippen MR) is 92.9 cm³/mol. The molecule has 24 heavy (non-hydrogen) atoms. The van der Waals surface area contributed by atoms with Gasteiger partial charge in [0.2, 0.25) is 0 Å². The number of hydrogen-bond donors (Lipinski definition) is 2. The molecule has 2 rings (SSSR count). The molecule has 0 radical (unpaired) electrons. The van der Waals surface area contributed by atoms with E-state index in [1.807, 2.05) is 6.07 Å². The molecule has 1 atom stereocenters. The first-order valence-corrected chi connectivity index (χ1v) is 7.67. The van der Waals surface area contributed by atoms with E-state index in [-0.39, 0.29) is 22.8 Å². The Balaban J connectivity index is 2.31. The zero-order valence-electron chi connectivity index (χ0n) is 13.0. The molecule has 0 aromatic heterocycles. The SMILES string of the molecule is CC(N)C(=O)Cc1cccc(Cl)c1C(=O)Nc1cccc(C#N)c1. The third kappa shape index (κ3) is 4.19. The van der Waals surface area contributed by atoms with Gasteiger partial charge < -0.3 is 11.1 Å². The molecule has 2 aromatic rings. The average Bonchev–Trinajstić information content (AvgIpc) is 2.54. The normalized spacial score (nSPS) is 11.4. The van der Waals surface area contributed by atoms with Gasteiger partial charge in [0.1, 0.15) is 0 Å². The fourth-order valence-electron chi connectivity index (χ4n) is 2.18. The molecule has 1 unspecified atom stereocenters. The van der Waals surface area contributed by atoms with Gasteiger partial charge >= 0.3 is 0 Å². The van der Waals surface area contributed by atoms with E-state index in [1.165, 1.54) is 0 Å². The Hall–Kier alpha value is -2.68. The molecule has 0 aliphatic rings. The molecule has 0 spiro atoms. The maximum absolute atomic E-state index is 12.6. The van der Waals surface area contributed by atoms with Crippen LogP contribution in [0.25, 0.3) is 0 Å². The van der Waals surface area contributed by atoms with Crippen LogP contribution in [0.15, 0.2) is 42.5 Å². The van der Waals surface area contributed by atoms with Crippen molar-refractivity contribution in [2.45, 2.75) is 19.4 Å². The monoisotopic (exact) mass is 341 g/mol. The number of anilines is 1. The smallest absolute Gasteiger partial charge is 0.257 e. The fourth-order valence-corrected chi connectivity index (χ4v) is 2.46. The zero-order chi connectivity index (χ0) is 17.7. The second-order valence-corrected chi connectivity index (χ2v) is 5.76. The molecule has 1 amide bonds. The summed E-state index contributed by atoms with van der Waals surface area (Å²) in [6.45, 7) is 1.60. The largest absolute Gasteiger partial charge is 0.322 e. The van der Waals surface area contributed by atoms with Crippen molar-refractivity contribution in [3.05, 3.63) is 64.2 Å². The highest BCUT2D eigenvalue weighted by Gasteiger charge is 2.19. The van der Waals surface area contributed by atoms with Crippen LogP contribution in [-0.4, -0.2) is 17.7 Å². The maximum atomic E-state index is 12.6. The molecule has 122 valence electrons. The first-order valence-electron chi connectivity index (χ1n) is 7.29. The first kappa shape index (κ1) is 17.7. The van der Waals surface area contributed by atoms with E-state index in [1.54, 1.807) is 49.4 Å². The highest BCUT2D eigenvalue weighted by molar-refractivity contribution is 6.34. The number of nitrogens with zero attached hydrogens (tertiary/aromatic N) is 1. The number of benzene rings is 2. The van der Waals surface area contributed by atoms with Crippen LogP contribution in [-0.2, 0) is 11.2 Å². The summed E-state index contributed by atoms with van der Waals surface area (Å²) in [5.41, 5.74) is 7.24. The van der Waals surface area contributed by atoms with Crippen LogP contribution >= 0.6 is 11.6 Å². The van der Waals surface area contributed by atoms with Gasteiger partial charge in [0, 0.05) is 12.1 Å². The molecule has 0 bridgehead atoms. The third-order valence-electron chi connectivity index (χ3n) is 3.45. The van der Waals surface area contributed by atoms with Crippen LogP contribution in [0.1, 0.15) is 28.4 Å². The molecule has 0 aliphatic heterocycles. The summed E-state index contributed by atoms with van der Waals surface area (Å²) in [5, 5.41) is 11.9. The van der Waals surface area contributed by atoms with Crippen LogP contribution in [0, 0.1) is 11.3 Å². The van der Waals surface area contributed by atoms with Crippen LogP contribution in [0.5, 0.6) is 0 Å². The van der Waals surface area contributed by atoms with Crippen molar-refractivity contribution < 1.29 is 9.59 Å². The van der Waals surface area contributed by atoms with Crippen molar-refractivity contribution in [1.82, 2.24) is 0 Å². The Labute approximate surface area is 145 Å². The predicted octanol–water partition coefficient (Wildman–Crippen LogP) is 2.92. The highest BCUT2D eigenvalue weighted by atomic mass is 35.5. The quantitative estimate of drug-likeness (QED) is 0.873. The highest BCUT2D eigenvalue weighted by Crippen LogP contribution is 2.23. The minimum Gasteiger partial charge on any atom is -0.322 e. The molecule has 0 fully saturated rings. The molecule has 0 saturated heterocycles. The van der Waals surface area contributed by atoms with Crippen LogP contribution in [0.4, 0.5) is 5.69 Å². The maximum Gasteiger partial charge on any atom is 0.257 e. The summed E-state index contributed by atoms with van der Waals surface area (Å²) in [5.74, 6) is -0.624. The van der Waals surface area contributed by atoms with Gasteiger partial charge in [0.15, 0.2) is 5.78 Å². The minimum absolute atomic E-state index is 0.0270. The molecule has 0 saturated carbocycles. The van der Waals surface area contributed by atoms with Crippen molar-refractivity contribution in [1.29, 1.82) is 5.26 Å². The van der Waals surface area contributed by atoms with Crippen molar-refractivity contribution in [3.8, 4) is 6.07 Å². The molecular weight excluding hydrogens is 326 g/mol. The number of amides is 1. The van der Waals surface area contributed by atoms with Crippen LogP contribution in [0.2, 0.25) is 5.02 Å². The van der Waals surface area contributed by atoms with Crippen molar-refractivity contribution in [2.24, 2.45) is 5.73 Å². The van der Waals surface area contributed by atoms with E-state index in [4.69, 9.17) is 22.6 Å². The number of hydrogen-bond acceptors (Lipinski definition) is 4. The van der Waals surface area contributed by atoms with E-state index in [9.17, 15) is 9.59 Å². The zero-order valence-corrected chi connectivity index (χ0v) is 13.8. The average molecular weight is 342 g/mol. The molecule has 3 N–H and O–H groups in total. The first-order chi connectivity index (χ1) is 11.4. The number of nitrogens with two attached hydrogens (primary N) is 1. The Morgan fingerprint density at radius 2 is 2.00 bits per heavy atom. The molecule has 6 heteroatoms. The Kier molecular flexibility index (Phi) is 5.69. The lowest BCUT2D eigenvalue weighted by Gasteiger charge is -2.12. The summed E-state index contributed by atoms with van der Waals surface area (Å²) in [6.07, 6.45) is 0.0270. The standard InChI is InChI=1S/C18H16ClN3O2/c1-11(21)16(23)9-13-5-3-7-15(19)17(13)18(24)22-14-6-2-4-12(8-14)10-20/h2-8,11H,9,21H2,1H3,(H,22,24). The van der Waals surface area contributed by atoms with Crippen LogP contribution < -0.4 is 11.1 Å². The Morgan fingerprint density at radius 3 is 2.67 bits per heavy atom. The van der Waals surface area contributed by atoms with Gasteiger partial charge in [-0.15, -0.1) is 0 Å². The molecule has 2 aromatic carbocycles. The van der Waals surface area contributed by atoms with Crippen molar-refractivity contribution >= 4 is 29.0 Å². The number of halogens is 1. The number of carbonyl (C=O) groups is 2. The Morgan fingerprint density at radius 1 is 1.29 bits per heavy atom. The Bertz CT molecular complexity index is 825. The number of ketones is 1. The summed E-state index contributed by atoms with van der Waals surface area (Å²) in [6, 6.07) is 12.9. The van der Waals surface area contributed by atoms with Gasteiger partial charge in [-0.1, -0.05) is 29.8 Å². The number of Topliss-reactive ketones (excluding diaryl/α,β-unsaturated/α-hetero) is 1. The number of rotatable bonds is 5. The topological polar surface area (TPSA) is 96.0 Å². The van der Waals surface area contributed by atoms with Gasteiger partial charge in [-0.2, -0.15) is 5.26 Å². The lowest BCUT2D eigenvalue weighted by Crippen LogP contribution is -2.29. The van der Waals surface area contributed by atoms with Gasteiger partial charge in [-0.05, 0) is 36.8 Å². The summed E-state index contributed by atoms with van der Waals surface area (Å²) >= 11 is 6.16. The minimum atomic E-state index is -0.618. The lowest BCUT2D eigenvalue weighted by atomic mass is 9.99. The van der Waals surface area contributed by atoms with E-state index in [0.717, 1.165) is 0 Å². The third-order valence-corrected chi connectivity index (χ3v) is 3.76. The second-order valence-electron chi connectivity index (χ2n) is 5.35. The molecule has 0 aliphatic carbocycles. The van der Waals surface area contributed by atoms with Gasteiger partial charge in [-0.3, -0.25) is 9.59 Å². The van der Waals surface area contributed by atoms with E-state index < -0.39 is 11.9 Å². The van der Waals surface area contributed by atoms with E-state index in [0.29, 0.717) is 16.8 Å².